The number of nitrogen functional groups attached to an aromatic ring is 1. The molecule has 15 heavy (non-hydrogen) atoms. The molecule has 0 bridgehead atoms. The minimum atomic E-state index is -0.178. The van der Waals surface area contributed by atoms with E-state index in [-0.39, 0.29) is 6.10 Å². The topological polar surface area (TPSA) is 59.1 Å². The molecule has 0 radical (unpaired) electrons. The summed E-state index contributed by atoms with van der Waals surface area (Å²) in [5, 5.41) is 11.1. The molecule has 0 spiro atoms. The fourth-order valence-electron chi connectivity index (χ4n) is 1.83. The van der Waals surface area contributed by atoms with E-state index in [0.29, 0.717) is 10.9 Å². The summed E-state index contributed by atoms with van der Waals surface area (Å²) >= 11 is 1.66. The van der Waals surface area contributed by atoms with Gasteiger partial charge in [-0.2, -0.15) is 0 Å². The number of rotatable bonds is 2. The molecule has 2 unspecified atom stereocenters. The highest BCUT2D eigenvalue weighted by Gasteiger charge is 2.24. The summed E-state index contributed by atoms with van der Waals surface area (Å²) < 4.78 is 0. The number of hydrogen-bond acceptors (Lipinski definition) is 4. The summed E-state index contributed by atoms with van der Waals surface area (Å²) in [5.74, 6) is 0. The van der Waals surface area contributed by atoms with E-state index in [1.807, 2.05) is 12.1 Å². The lowest BCUT2D eigenvalue weighted by Crippen LogP contribution is -2.26. The van der Waals surface area contributed by atoms with Crippen molar-refractivity contribution in [1.82, 2.24) is 4.98 Å². The minimum Gasteiger partial charge on any atom is -0.397 e. The molecule has 1 aliphatic rings. The van der Waals surface area contributed by atoms with Gasteiger partial charge < -0.3 is 10.8 Å². The second-order valence-electron chi connectivity index (χ2n) is 3.94. The Morgan fingerprint density at radius 2 is 2.13 bits per heavy atom. The van der Waals surface area contributed by atoms with E-state index in [1.165, 1.54) is 6.42 Å². The van der Waals surface area contributed by atoms with Gasteiger partial charge >= 0.3 is 0 Å². The molecule has 3 N–H and O–H groups in total. The molecule has 0 saturated heterocycles. The fourth-order valence-corrected chi connectivity index (χ4v) is 2.98. The first-order valence-electron chi connectivity index (χ1n) is 5.32. The third-order valence-corrected chi connectivity index (χ3v) is 4.03. The highest BCUT2D eigenvalue weighted by Crippen LogP contribution is 2.32. The number of anilines is 1. The molecule has 0 aromatic carbocycles. The van der Waals surface area contributed by atoms with Crippen LogP contribution in [0.2, 0.25) is 0 Å². The van der Waals surface area contributed by atoms with Crippen LogP contribution in [0.5, 0.6) is 0 Å². The number of hydrogen-bond donors (Lipinski definition) is 2. The third-order valence-electron chi connectivity index (χ3n) is 2.70. The molecular formula is C11H16N2OS. The number of aromatic nitrogens is 1. The Kier molecular flexibility index (Phi) is 3.49. The van der Waals surface area contributed by atoms with Crippen LogP contribution in [0.3, 0.4) is 0 Å². The van der Waals surface area contributed by atoms with Crippen LogP contribution in [0.25, 0.3) is 0 Å². The summed E-state index contributed by atoms with van der Waals surface area (Å²) in [6.07, 6.45) is 5.85. The predicted octanol–water partition coefficient (Wildman–Crippen LogP) is 2.06. The summed E-state index contributed by atoms with van der Waals surface area (Å²) in [7, 11) is 0. The van der Waals surface area contributed by atoms with E-state index in [0.717, 1.165) is 24.3 Å². The Morgan fingerprint density at radius 3 is 2.80 bits per heavy atom. The van der Waals surface area contributed by atoms with Crippen LogP contribution < -0.4 is 5.73 Å². The van der Waals surface area contributed by atoms with Gasteiger partial charge in [-0.25, -0.2) is 4.98 Å². The van der Waals surface area contributed by atoms with Crippen LogP contribution in [0.4, 0.5) is 5.69 Å². The van der Waals surface area contributed by atoms with Crippen molar-refractivity contribution >= 4 is 17.4 Å². The molecule has 3 nitrogen and oxygen atoms in total. The van der Waals surface area contributed by atoms with Crippen LogP contribution >= 0.6 is 11.8 Å². The molecule has 82 valence electrons. The predicted molar refractivity (Wildman–Crippen MR) is 62.8 cm³/mol. The standard InChI is InChI=1S/C11H16N2OS/c12-8-5-6-11(13-7-8)15-10-4-2-1-3-9(10)14/h5-7,9-10,14H,1-4,12H2. The summed E-state index contributed by atoms with van der Waals surface area (Å²) in [5.41, 5.74) is 6.25. The molecular weight excluding hydrogens is 208 g/mol. The van der Waals surface area contributed by atoms with Crippen molar-refractivity contribution in [2.45, 2.75) is 42.1 Å². The van der Waals surface area contributed by atoms with Crippen LogP contribution in [-0.2, 0) is 0 Å². The van der Waals surface area contributed by atoms with Gasteiger partial charge in [0.05, 0.1) is 23.0 Å². The maximum absolute atomic E-state index is 9.81. The van der Waals surface area contributed by atoms with Gasteiger partial charge in [-0.1, -0.05) is 12.8 Å². The van der Waals surface area contributed by atoms with Gasteiger partial charge in [-0.05, 0) is 25.0 Å². The monoisotopic (exact) mass is 224 g/mol. The average Bonchev–Trinajstić information content (AvgIpc) is 2.25. The second kappa shape index (κ2) is 4.86. The van der Waals surface area contributed by atoms with Crippen molar-refractivity contribution in [2.75, 3.05) is 5.73 Å². The lowest BCUT2D eigenvalue weighted by Gasteiger charge is -2.26. The molecule has 0 amide bonds. The van der Waals surface area contributed by atoms with Gasteiger partial charge in [-0.15, -0.1) is 11.8 Å². The van der Waals surface area contributed by atoms with E-state index in [4.69, 9.17) is 5.73 Å². The first-order valence-corrected chi connectivity index (χ1v) is 6.20. The number of thioether (sulfide) groups is 1. The minimum absolute atomic E-state index is 0.178. The smallest absolute Gasteiger partial charge is 0.0965 e. The molecule has 1 aliphatic carbocycles. The van der Waals surface area contributed by atoms with E-state index in [9.17, 15) is 5.11 Å². The Morgan fingerprint density at radius 1 is 1.33 bits per heavy atom. The normalized spacial score (nSPS) is 26.5. The lowest BCUT2D eigenvalue weighted by molar-refractivity contribution is 0.137. The van der Waals surface area contributed by atoms with Gasteiger partial charge in [0, 0.05) is 5.25 Å². The summed E-state index contributed by atoms with van der Waals surface area (Å²) in [6, 6.07) is 3.77. The highest BCUT2D eigenvalue weighted by atomic mass is 32.2. The molecule has 1 aromatic heterocycles. The van der Waals surface area contributed by atoms with Crippen LogP contribution in [0.15, 0.2) is 23.4 Å². The van der Waals surface area contributed by atoms with Crippen LogP contribution in [0, 0.1) is 0 Å². The van der Waals surface area contributed by atoms with Gasteiger partial charge in [0.25, 0.3) is 0 Å². The molecule has 4 heteroatoms. The van der Waals surface area contributed by atoms with E-state index >= 15 is 0 Å². The molecule has 1 heterocycles. The van der Waals surface area contributed by atoms with Crippen molar-refractivity contribution < 1.29 is 5.11 Å². The molecule has 0 aliphatic heterocycles. The molecule has 2 rings (SSSR count). The van der Waals surface area contributed by atoms with Crippen molar-refractivity contribution in [3.63, 3.8) is 0 Å². The van der Waals surface area contributed by atoms with Crippen molar-refractivity contribution in [3.8, 4) is 0 Å². The summed E-state index contributed by atoms with van der Waals surface area (Å²) in [6.45, 7) is 0. The number of aliphatic hydroxyl groups excluding tert-OH is 1. The second-order valence-corrected chi connectivity index (χ2v) is 5.20. The molecule has 1 saturated carbocycles. The Balaban J connectivity index is 1.98. The van der Waals surface area contributed by atoms with E-state index < -0.39 is 0 Å². The number of nitrogens with zero attached hydrogens (tertiary/aromatic N) is 1. The maximum Gasteiger partial charge on any atom is 0.0965 e. The first kappa shape index (κ1) is 10.8. The summed E-state index contributed by atoms with van der Waals surface area (Å²) in [4.78, 5) is 4.23. The third kappa shape index (κ3) is 2.86. The highest BCUT2D eigenvalue weighted by molar-refractivity contribution is 7.99. The molecule has 1 fully saturated rings. The molecule has 2 atom stereocenters. The fraction of sp³-hybridized carbons (Fsp3) is 0.545. The van der Waals surface area contributed by atoms with Gasteiger partial charge in [0.2, 0.25) is 0 Å². The maximum atomic E-state index is 9.81. The Bertz CT molecular complexity index is 315. The average molecular weight is 224 g/mol. The zero-order valence-corrected chi connectivity index (χ0v) is 9.41. The van der Waals surface area contributed by atoms with Crippen LogP contribution in [-0.4, -0.2) is 21.4 Å². The largest absolute Gasteiger partial charge is 0.397 e. The van der Waals surface area contributed by atoms with E-state index in [2.05, 4.69) is 4.98 Å². The number of nitrogens with two attached hydrogens (primary N) is 1. The molecule has 1 aromatic rings. The zero-order chi connectivity index (χ0) is 10.7. The zero-order valence-electron chi connectivity index (χ0n) is 8.60. The van der Waals surface area contributed by atoms with Crippen molar-refractivity contribution in [3.05, 3.63) is 18.3 Å². The van der Waals surface area contributed by atoms with Gasteiger partial charge in [-0.3, -0.25) is 0 Å². The van der Waals surface area contributed by atoms with Crippen LogP contribution in [0.1, 0.15) is 25.7 Å². The van der Waals surface area contributed by atoms with Gasteiger partial charge in [0.1, 0.15) is 0 Å². The van der Waals surface area contributed by atoms with Gasteiger partial charge in [0.15, 0.2) is 0 Å². The Hall–Kier alpha value is -0.740. The quantitative estimate of drug-likeness (QED) is 0.807. The Labute approximate surface area is 94.1 Å². The van der Waals surface area contributed by atoms with Crippen molar-refractivity contribution in [2.24, 2.45) is 0 Å². The number of aliphatic hydroxyl groups is 1. The van der Waals surface area contributed by atoms with Crippen molar-refractivity contribution in [1.29, 1.82) is 0 Å². The van der Waals surface area contributed by atoms with E-state index in [1.54, 1.807) is 18.0 Å². The SMILES string of the molecule is Nc1ccc(SC2CCCCC2O)nc1. The number of pyridine rings is 1. The lowest BCUT2D eigenvalue weighted by atomic mass is 9.97. The first-order chi connectivity index (χ1) is 7.25.